The van der Waals surface area contributed by atoms with Gasteiger partial charge in [0.25, 0.3) is 0 Å². The number of unbranched alkanes of at least 4 members (excludes halogenated alkanes) is 1. The Morgan fingerprint density at radius 3 is 2.93 bits per heavy atom. The molecule has 0 spiro atoms. The van der Waals surface area contributed by atoms with Crippen LogP contribution in [-0.2, 0) is 9.59 Å². The maximum Gasteiger partial charge on any atom is 0.311 e. The third-order valence-corrected chi connectivity index (χ3v) is 2.22. The minimum Gasteiger partial charge on any atom is -0.426 e. The molecule has 0 saturated carbocycles. The second-order valence-electron chi connectivity index (χ2n) is 2.99. The summed E-state index contributed by atoms with van der Waals surface area (Å²) in [7, 11) is 0. The lowest BCUT2D eigenvalue weighted by atomic mass is 10.2. The van der Waals surface area contributed by atoms with Crippen LogP contribution in [0, 0.1) is 0 Å². The van der Waals surface area contributed by atoms with E-state index in [0.717, 1.165) is 10.8 Å². The van der Waals surface area contributed by atoms with Crippen molar-refractivity contribution in [2.24, 2.45) is 0 Å². The molecule has 1 rings (SSSR count). The predicted molar refractivity (Wildman–Crippen MR) is 59.7 cm³/mol. The highest BCUT2D eigenvalue weighted by Crippen LogP contribution is 2.18. The second-order valence-corrected chi connectivity index (χ2v) is 3.91. The van der Waals surface area contributed by atoms with Crippen molar-refractivity contribution >= 4 is 28.2 Å². The molecule has 0 aliphatic heterocycles. The fourth-order valence-corrected chi connectivity index (χ4v) is 1.42. The van der Waals surface area contributed by atoms with Crippen LogP contribution in [0.5, 0.6) is 5.75 Å². The highest BCUT2D eigenvalue weighted by atomic mass is 79.9. The van der Waals surface area contributed by atoms with Gasteiger partial charge in [-0.3, -0.25) is 4.79 Å². The number of ether oxygens (including phenoxy) is 1. The van der Waals surface area contributed by atoms with E-state index in [2.05, 4.69) is 15.9 Å². The molecule has 0 radical (unpaired) electrons. The molecule has 0 amide bonds. The average molecular weight is 271 g/mol. The summed E-state index contributed by atoms with van der Waals surface area (Å²) in [6.45, 7) is 0. The Balaban J connectivity index is 2.40. The normalized spacial score (nSPS) is 9.67. The summed E-state index contributed by atoms with van der Waals surface area (Å²) < 4.78 is 5.92. The maximum atomic E-state index is 11.2. The van der Waals surface area contributed by atoms with Crippen LogP contribution >= 0.6 is 15.9 Å². The Morgan fingerprint density at radius 2 is 2.27 bits per heavy atom. The van der Waals surface area contributed by atoms with Gasteiger partial charge in [-0.25, -0.2) is 0 Å². The van der Waals surface area contributed by atoms with Crippen LogP contribution in [0.3, 0.4) is 0 Å². The molecule has 0 heterocycles. The van der Waals surface area contributed by atoms with Gasteiger partial charge in [0.05, 0.1) is 0 Å². The molecule has 0 bridgehead atoms. The number of hydrogen-bond donors (Lipinski definition) is 0. The maximum absolute atomic E-state index is 11.2. The van der Waals surface area contributed by atoms with Gasteiger partial charge in [0, 0.05) is 17.3 Å². The summed E-state index contributed by atoms with van der Waals surface area (Å²) in [5.41, 5.74) is 0. The van der Waals surface area contributed by atoms with Crippen molar-refractivity contribution < 1.29 is 14.3 Å². The van der Waals surface area contributed by atoms with Gasteiger partial charge in [0.1, 0.15) is 12.0 Å². The topological polar surface area (TPSA) is 43.4 Å². The molecular formula is C11H11BrO3. The van der Waals surface area contributed by atoms with Gasteiger partial charge >= 0.3 is 5.97 Å². The van der Waals surface area contributed by atoms with Crippen molar-refractivity contribution in [3.8, 4) is 5.75 Å². The Hall–Kier alpha value is -1.16. The quantitative estimate of drug-likeness (QED) is 0.358. The van der Waals surface area contributed by atoms with Gasteiger partial charge in [0.15, 0.2) is 0 Å². The highest BCUT2D eigenvalue weighted by Gasteiger charge is 2.04. The smallest absolute Gasteiger partial charge is 0.311 e. The second kappa shape index (κ2) is 6.35. The first-order chi connectivity index (χ1) is 7.22. The SMILES string of the molecule is O=CCCCC(=O)Oc1cccc(Br)c1. The number of rotatable bonds is 5. The average Bonchev–Trinajstić information content (AvgIpc) is 2.18. The van der Waals surface area contributed by atoms with Gasteiger partial charge in [-0.05, 0) is 24.6 Å². The van der Waals surface area contributed by atoms with Crippen LogP contribution < -0.4 is 4.74 Å². The lowest BCUT2D eigenvalue weighted by Crippen LogP contribution is -2.07. The van der Waals surface area contributed by atoms with Crippen molar-refractivity contribution in [3.63, 3.8) is 0 Å². The van der Waals surface area contributed by atoms with E-state index in [-0.39, 0.29) is 12.4 Å². The van der Waals surface area contributed by atoms with E-state index in [4.69, 9.17) is 4.74 Å². The molecule has 1 aromatic carbocycles. The van der Waals surface area contributed by atoms with Crippen molar-refractivity contribution in [1.29, 1.82) is 0 Å². The van der Waals surface area contributed by atoms with Crippen molar-refractivity contribution in [2.75, 3.05) is 0 Å². The van der Waals surface area contributed by atoms with Crippen LogP contribution in [0.4, 0.5) is 0 Å². The number of benzene rings is 1. The first-order valence-electron chi connectivity index (χ1n) is 4.62. The molecule has 0 aromatic heterocycles. The van der Waals surface area contributed by atoms with Crippen LogP contribution in [0.2, 0.25) is 0 Å². The molecule has 0 fully saturated rings. The van der Waals surface area contributed by atoms with Crippen LogP contribution in [0.15, 0.2) is 28.7 Å². The summed E-state index contributed by atoms with van der Waals surface area (Å²) in [6.07, 6.45) is 2.00. The zero-order chi connectivity index (χ0) is 11.1. The standard InChI is InChI=1S/C11H11BrO3/c12-9-4-3-5-10(8-9)15-11(14)6-1-2-7-13/h3-5,7-8H,1-2,6H2. The molecule has 15 heavy (non-hydrogen) atoms. The summed E-state index contributed by atoms with van der Waals surface area (Å²) in [5.74, 6) is 0.204. The Labute approximate surface area is 96.6 Å². The van der Waals surface area contributed by atoms with Crippen LogP contribution in [0.1, 0.15) is 19.3 Å². The lowest BCUT2D eigenvalue weighted by Gasteiger charge is -2.03. The number of halogens is 1. The molecule has 0 atom stereocenters. The molecule has 4 heteroatoms. The summed E-state index contributed by atoms with van der Waals surface area (Å²) in [4.78, 5) is 21.3. The van der Waals surface area contributed by atoms with Gasteiger partial charge in [-0.2, -0.15) is 0 Å². The molecule has 0 aliphatic carbocycles. The fraction of sp³-hybridized carbons (Fsp3) is 0.273. The molecular weight excluding hydrogens is 260 g/mol. The van der Waals surface area contributed by atoms with E-state index >= 15 is 0 Å². The van der Waals surface area contributed by atoms with E-state index in [1.807, 2.05) is 6.07 Å². The van der Waals surface area contributed by atoms with Gasteiger partial charge < -0.3 is 9.53 Å². The lowest BCUT2D eigenvalue weighted by molar-refractivity contribution is -0.134. The Bertz CT molecular complexity index is 349. The number of hydrogen-bond acceptors (Lipinski definition) is 3. The van der Waals surface area contributed by atoms with Crippen LogP contribution in [0.25, 0.3) is 0 Å². The van der Waals surface area contributed by atoms with Crippen molar-refractivity contribution in [1.82, 2.24) is 0 Å². The highest BCUT2D eigenvalue weighted by molar-refractivity contribution is 9.10. The molecule has 1 aromatic rings. The van der Waals surface area contributed by atoms with Crippen molar-refractivity contribution in [3.05, 3.63) is 28.7 Å². The minimum absolute atomic E-state index is 0.269. The van der Waals surface area contributed by atoms with Gasteiger partial charge in [-0.1, -0.05) is 22.0 Å². The van der Waals surface area contributed by atoms with E-state index in [1.54, 1.807) is 18.2 Å². The molecule has 0 unspecified atom stereocenters. The molecule has 3 nitrogen and oxygen atoms in total. The summed E-state index contributed by atoms with van der Waals surface area (Å²) in [5, 5.41) is 0. The molecule has 0 saturated heterocycles. The first-order valence-corrected chi connectivity index (χ1v) is 5.41. The Kier molecular flexibility index (Phi) is 5.04. The van der Waals surface area contributed by atoms with E-state index in [0.29, 0.717) is 18.6 Å². The first kappa shape index (κ1) is 11.9. The Morgan fingerprint density at radius 1 is 1.47 bits per heavy atom. The minimum atomic E-state index is -0.310. The fourth-order valence-electron chi connectivity index (χ4n) is 1.04. The molecule has 0 aliphatic rings. The number of carbonyl (C=O) groups excluding carboxylic acids is 2. The monoisotopic (exact) mass is 270 g/mol. The largest absolute Gasteiger partial charge is 0.426 e. The van der Waals surface area contributed by atoms with Gasteiger partial charge in [0.2, 0.25) is 0 Å². The van der Waals surface area contributed by atoms with Crippen LogP contribution in [-0.4, -0.2) is 12.3 Å². The van der Waals surface area contributed by atoms with Crippen molar-refractivity contribution in [2.45, 2.75) is 19.3 Å². The summed E-state index contributed by atoms with van der Waals surface area (Å²) >= 11 is 3.28. The number of esters is 1. The zero-order valence-electron chi connectivity index (χ0n) is 8.11. The zero-order valence-corrected chi connectivity index (χ0v) is 9.70. The van der Waals surface area contributed by atoms with E-state index in [9.17, 15) is 9.59 Å². The van der Waals surface area contributed by atoms with E-state index in [1.165, 1.54) is 0 Å². The third kappa shape index (κ3) is 4.74. The van der Waals surface area contributed by atoms with Gasteiger partial charge in [-0.15, -0.1) is 0 Å². The molecule has 0 N–H and O–H groups in total. The summed E-state index contributed by atoms with van der Waals surface area (Å²) in [6, 6.07) is 7.07. The molecule has 80 valence electrons. The van der Waals surface area contributed by atoms with E-state index < -0.39 is 0 Å². The number of carbonyl (C=O) groups is 2. The predicted octanol–water partition coefficient (Wildman–Crippen LogP) is 2.72. The number of aldehydes is 1. The third-order valence-electron chi connectivity index (χ3n) is 1.73.